The summed E-state index contributed by atoms with van der Waals surface area (Å²) < 4.78 is 10.5. The van der Waals surface area contributed by atoms with Crippen molar-refractivity contribution in [3.05, 3.63) is 23.8 Å². The molecule has 4 nitrogen and oxygen atoms in total. The van der Waals surface area contributed by atoms with Crippen molar-refractivity contribution in [2.45, 2.75) is 32.2 Å². The number of ether oxygens (including phenoxy) is 2. The predicted molar refractivity (Wildman–Crippen MR) is 76.9 cm³/mol. The summed E-state index contributed by atoms with van der Waals surface area (Å²) in [6, 6.07) is 6.25. The largest absolute Gasteiger partial charge is 0.493 e. The molecule has 2 N–H and O–H groups in total. The Morgan fingerprint density at radius 2 is 1.84 bits per heavy atom. The highest BCUT2D eigenvalue weighted by Gasteiger charge is 2.09. The highest BCUT2D eigenvalue weighted by Crippen LogP contribution is 2.29. The molecule has 1 unspecified atom stereocenters. The summed E-state index contributed by atoms with van der Waals surface area (Å²) in [4.78, 5) is 0. The summed E-state index contributed by atoms with van der Waals surface area (Å²) >= 11 is 0. The topological polar surface area (TPSA) is 50.7 Å². The molecule has 0 saturated carbocycles. The van der Waals surface area contributed by atoms with Gasteiger partial charge in [0, 0.05) is 12.6 Å². The van der Waals surface area contributed by atoms with E-state index in [2.05, 4.69) is 12.2 Å². The minimum absolute atomic E-state index is 0.272. The number of hydrogen-bond acceptors (Lipinski definition) is 4. The van der Waals surface area contributed by atoms with Gasteiger partial charge in [0.2, 0.25) is 0 Å². The van der Waals surface area contributed by atoms with Crippen LogP contribution in [0, 0.1) is 0 Å². The van der Waals surface area contributed by atoms with Gasteiger partial charge in [0.15, 0.2) is 11.5 Å². The minimum atomic E-state index is 0.272. The monoisotopic (exact) mass is 267 g/mol. The second kappa shape index (κ2) is 8.77. The lowest BCUT2D eigenvalue weighted by atomic mass is 10.1. The van der Waals surface area contributed by atoms with E-state index in [0.717, 1.165) is 37.3 Å². The number of aliphatic hydroxyl groups is 1. The molecule has 0 bridgehead atoms. The van der Waals surface area contributed by atoms with E-state index in [-0.39, 0.29) is 12.6 Å². The van der Waals surface area contributed by atoms with Crippen LogP contribution in [-0.4, -0.2) is 32.5 Å². The Kier molecular flexibility index (Phi) is 7.30. The van der Waals surface area contributed by atoms with Gasteiger partial charge in [-0.25, -0.2) is 0 Å². The second-order valence-electron chi connectivity index (χ2n) is 4.57. The van der Waals surface area contributed by atoms with E-state index in [4.69, 9.17) is 14.6 Å². The van der Waals surface area contributed by atoms with Crippen molar-refractivity contribution >= 4 is 0 Å². The van der Waals surface area contributed by atoms with Crippen molar-refractivity contribution < 1.29 is 14.6 Å². The maximum atomic E-state index is 8.71. The zero-order chi connectivity index (χ0) is 14.1. The molecule has 0 heterocycles. The summed E-state index contributed by atoms with van der Waals surface area (Å²) in [5.41, 5.74) is 1.18. The van der Waals surface area contributed by atoms with Crippen LogP contribution in [0.5, 0.6) is 11.5 Å². The van der Waals surface area contributed by atoms with Crippen LogP contribution < -0.4 is 14.8 Å². The Hall–Kier alpha value is -1.26. The maximum Gasteiger partial charge on any atom is 0.161 e. The van der Waals surface area contributed by atoms with Gasteiger partial charge in [0.05, 0.1) is 14.2 Å². The molecule has 108 valence electrons. The molecule has 1 aromatic carbocycles. The number of hydrogen-bond donors (Lipinski definition) is 2. The lowest BCUT2D eigenvalue weighted by Crippen LogP contribution is -2.19. The van der Waals surface area contributed by atoms with Crippen molar-refractivity contribution in [3.63, 3.8) is 0 Å². The van der Waals surface area contributed by atoms with Crippen molar-refractivity contribution in [1.29, 1.82) is 0 Å². The Bertz CT molecular complexity index is 368. The number of rotatable bonds is 9. The van der Waals surface area contributed by atoms with Crippen LogP contribution in [-0.2, 0) is 0 Å². The molecule has 0 aliphatic rings. The van der Waals surface area contributed by atoms with Gasteiger partial charge in [-0.15, -0.1) is 0 Å². The van der Waals surface area contributed by atoms with Crippen molar-refractivity contribution in [3.8, 4) is 11.5 Å². The third-order valence-corrected chi connectivity index (χ3v) is 3.19. The third kappa shape index (κ3) is 5.09. The average Bonchev–Trinajstić information content (AvgIpc) is 2.46. The summed E-state index contributed by atoms with van der Waals surface area (Å²) in [6.45, 7) is 3.37. The number of nitrogens with one attached hydrogen (secondary N) is 1. The summed E-state index contributed by atoms with van der Waals surface area (Å²) in [6.07, 6.45) is 3.02. The standard InChI is InChI=1S/C15H25NO3/c1-12(16-9-5-4-6-10-17)13-7-8-14(18-2)15(11-13)19-3/h7-8,11-12,16-17H,4-6,9-10H2,1-3H3. The first-order valence-corrected chi connectivity index (χ1v) is 6.79. The summed E-state index contributed by atoms with van der Waals surface area (Å²) in [5.74, 6) is 1.51. The number of aliphatic hydroxyl groups excluding tert-OH is 1. The maximum absolute atomic E-state index is 8.71. The van der Waals surface area contributed by atoms with E-state index < -0.39 is 0 Å². The van der Waals surface area contributed by atoms with E-state index in [9.17, 15) is 0 Å². The van der Waals surface area contributed by atoms with Gasteiger partial charge in [-0.1, -0.05) is 6.07 Å². The first-order valence-electron chi connectivity index (χ1n) is 6.79. The average molecular weight is 267 g/mol. The fourth-order valence-corrected chi connectivity index (χ4v) is 1.97. The lowest BCUT2D eigenvalue weighted by Gasteiger charge is -2.16. The Morgan fingerprint density at radius 1 is 1.11 bits per heavy atom. The molecule has 0 spiro atoms. The van der Waals surface area contributed by atoms with Gasteiger partial charge in [0.25, 0.3) is 0 Å². The Labute approximate surface area is 115 Å². The van der Waals surface area contributed by atoms with Gasteiger partial charge >= 0.3 is 0 Å². The van der Waals surface area contributed by atoms with Crippen LogP contribution in [0.25, 0.3) is 0 Å². The second-order valence-corrected chi connectivity index (χ2v) is 4.57. The molecule has 0 amide bonds. The summed E-state index contributed by atoms with van der Waals surface area (Å²) in [5, 5.41) is 12.2. The van der Waals surface area contributed by atoms with Gasteiger partial charge in [-0.2, -0.15) is 0 Å². The Morgan fingerprint density at radius 3 is 2.47 bits per heavy atom. The quantitative estimate of drug-likeness (QED) is 0.675. The molecule has 1 rings (SSSR count). The molecular formula is C15H25NO3. The minimum Gasteiger partial charge on any atom is -0.493 e. The molecule has 0 aliphatic heterocycles. The van der Waals surface area contributed by atoms with Crippen LogP contribution in [0.4, 0.5) is 0 Å². The van der Waals surface area contributed by atoms with Crippen LogP contribution in [0.15, 0.2) is 18.2 Å². The molecule has 0 aromatic heterocycles. The predicted octanol–water partition coefficient (Wildman–Crippen LogP) is 2.52. The highest BCUT2D eigenvalue weighted by molar-refractivity contribution is 5.43. The third-order valence-electron chi connectivity index (χ3n) is 3.19. The Balaban J connectivity index is 2.49. The number of benzene rings is 1. The number of methoxy groups -OCH3 is 2. The number of unbranched alkanes of at least 4 members (excludes halogenated alkanes) is 2. The van der Waals surface area contributed by atoms with Crippen molar-refractivity contribution in [2.24, 2.45) is 0 Å². The molecule has 4 heteroatoms. The van der Waals surface area contributed by atoms with Crippen LogP contribution >= 0.6 is 0 Å². The van der Waals surface area contributed by atoms with Crippen molar-refractivity contribution in [2.75, 3.05) is 27.4 Å². The first-order chi connectivity index (χ1) is 9.22. The van der Waals surface area contributed by atoms with E-state index in [1.54, 1.807) is 14.2 Å². The van der Waals surface area contributed by atoms with E-state index in [0.29, 0.717) is 0 Å². The van der Waals surface area contributed by atoms with E-state index >= 15 is 0 Å². The highest BCUT2D eigenvalue weighted by atomic mass is 16.5. The molecule has 1 aromatic rings. The van der Waals surface area contributed by atoms with Crippen molar-refractivity contribution in [1.82, 2.24) is 5.32 Å². The molecule has 0 radical (unpaired) electrons. The SMILES string of the molecule is COc1ccc(C(C)NCCCCCO)cc1OC. The van der Waals surface area contributed by atoms with Crippen LogP contribution in [0.2, 0.25) is 0 Å². The first kappa shape index (κ1) is 15.8. The molecular weight excluding hydrogens is 242 g/mol. The molecule has 19 heavy (non-hydrogen) atoms. The normalized spacial score (nSPS) is 12.2. The van der Waals surface area contributed by atoms with Gasteiger partial charge in [0.1, 0.15) is 0 Å². The smallest absolute Gasteiger partial charge is 0.161 e. The van der Waals surface area contributed by atoms with Gasteiger partial charge < -0.3 is 19.9 Å². The summed E-state index contributed by atoms with van der Waals surface area (Å²) in [7, 11) is 3.29. The zero-order valence-corrected chi connectivity index (χ0v) is 12.1. The van der Waals surface area contributed by atoms with Crippen LogP contribution in [0.3, 0.4) is 0 Å². The molecule has 0 aliphatic carbocycles. The zero-order valence-electron chi connectivity index (χ0n) is 12.1. The van der Waals surface area contributed by atoms with Gasteiger partial charge in [-0.3, -0.25) is 0 Å². The van der Waals surface area contributed by atoms with E-state index in [1.165, 1.54) is 5.56 Å². The fraction of sp³-hybridized carbons (Fsp3) is 0.600. The molecule has 0 fully saturated rings. The lowest BCUT2D eigenvalue weighted by molar-refractivity contribution is 0.282. The fourth-order valence-electron chi connectivity index (χ4n) is 1.97. The molecule has 0 saturated heterocycles. The van der Waals surface area contributed by atoms with Crippen LogP contribution in [0.1, 0.15) is 37.8 Å². The van der Waals surface area contributed by atoms with Gasteiger partial charge in [-0.05, 0) is 50.4 Å². The molecule has 1 atom stereocenters. The van der Waals surface area contributed by atoms with E-state index in [1.807, 2.05) is 18.2 Å².